The van der Waals surface area contributed by atoms with E-state index in [2.05, 4.69) is 36.4 Å². The number of likely N-dealkylation sites (N-methyl/N-ethyl adjacent to an activating group) is 1. The van der Waals surface area contributed by atoms with E-state index in [1.54, 1.807) is 11.3 Å². The quantitative estimate of drug-likeness (QED) is 0.900. The van der Waals surface area contributed by atoms with Crippen LogP contribution in [-0.4, -0.2) is 35.1 Å². The van der Waals surface area contributed by atoms with Crippen LogP contribution in [-0.2, 0) is 11.2 Å². The topological polar surface area (TPSA) is 40.5 Å². The molecular formula is C15H23NO2S. The Morgan fingerprint density at radius 3 is 2.89 bits per heavy atom. The number of hydrogen-bond acceptors (Lipinski definition) is 3. The number of nitrogens with zero attached hydrogens (tertiary/aromatic N) is 1. The van der Waals surface area contributed by atoms with Gasteiger partial charge in [-0.25, -0.2) is 0 Å². The smallest absolute Gasteiger partial charge is 0.308 e. The van der Waals surface area contributed by atoms with Gasteiger partial charge in [0.15, 0.2) is 0 Å². The Balaban J connectivity index is 2.00. The molecule has 1 heterocycles. The monoisotopic (exact) mass is 281 g/mol. The SMILES string of the molecule is CC(Cc1cccs1)N(C)C1CCCCC1C(=O)O. The number of rotatable bonds is 5. The number of carboxylic acids is 1. The van der Waals surface area contributed by atoms with Gasteiger partial charge in [0, 0.05) is 17.0 Å². The Kier molecular flexibility index (Phi) is 4.99. The maximum Gasteiger partial charge on any atom is 0.308 e. The van der Waals surface area contributed by atoms with E-state index in [9.17, 15) is 9.90 Å². The Bertz CT molecular complexity index is 404. The van der Waals surface area contributed by atoms with Crippen LogP contribution >= 0.6 is 11.3 Å². The van der Waals surface area contributed by atoms with E-state index in [4.69, 9.17) is 0 Å². The Morgan fingerprint density at radius 1 is 1.53 bits per heavy atom. The summed E-state index contributed by atoms with van der Waals surface area (Å²) in [6.07, 6.45) is 5.07. The molecular weight excluding hydrogens is 258 g/mol. The van der Waals surface area contributed by atoms with Crippen molar-refractivity contribution >= 4 is 17.3 Å². The second-order valence-electron chi connectivity index (χ2n) is 5.59. The van der Waals surface area contributed by atoms with Crippen LogP contribution in [0.1, 0.15) is 37.5 Å². The summed E-state index contributed by atoms with van der Waals surface area (Å²) in [6.45, 7) is 2.20. The maximum absolute atomic E-state index is 11.4. The van der Waals surface area contributed by atoms with Crippen molar-refractivity contribution in [3.05, 3.63) is 22.4 Å². The van der Waals surface area contributed by atoms with Crippen LogP contribution in [0.4, 0.5) is 0 Å². The molecule has 0 spiro atoms. The van der Waals surface area contributed by atoms with E-state index in [0.717, 1.165) is 32.1 Å². The van der Waals surface area contributed by atoms with Crippen molar-refractivity contribution < 1.29 is 9.90 Å². The number of thiophene rings is 1. The summed E-state index contributed by atoms with van der Waals surface area (Å²) in [4.78, 5) is 15.1. The van der Waals surface area contributed by atoms with Crippen molar-refractivity contribution in [1.29, 1.82) is 0 Å². The Labute approximate surface area is 119 Å². The molecule has 0 aliphatic heterocycles. The molecule has 3 nitrogen and oxygen atoms in total. The molecule has 1 aliphatic carbocycles. The van der Waals surface area contributed by atoms with Gasteiger partial charge in [-0.3, -0.25) is 9.69 Å². The van der Waals surface area contributed by atoms with Crippen LogP contribution in [0.3, 0.4) is 0 Å². The lowest BCUT2D eigenvalue weighted by molar-refractivity contribution is -0.145. The summed E-state index contributed by atoms with van der Waals surface area (Å²) < 4.78 is 0. The van der Waals surface area contributed by atoms with E-state index in [1.807, 2.05) is 0 Å². The van der Waals surface area contributed by atoms with E-state index in [0.29, 0.717) is 6.04 Å². The van der Waals surface area contributed by atoms with Crippen molar-refractivity contribution in [2.75, 3.05) is 7.05 Å². The average Bonchev–Trinajstić information content (AvgIpc) is 2.90. The molecule has 0 bridgehead atoms. The van der Waals surface area contributed by atoms with Crippen molar-refractivity contribution in [2.24, 2.45) is 5.92 Å². The number of carbonyl (C=O) groups is 1. The highest BCUT2D eigenvalue weighted by molar-refractivity contribution is 7.09. The highest BCUT2D eigenvalue weighted by atomic mass is 32.1. The van der Waals surface area contributed by atoms with Gasteiger partial charge in [0.05, 0.1) is 5.92 Å². The minimum atomic E-state index is -0.625. The molecule has 1 aromatic rings. The summed E-state index contributed by atoms with van der Waals surface area (Å²) >= 11 is 1.78. The maximum atomic E-state index is 11.4. The largest absolute Gasteiger partial charge is 0.481 e. The molecule has 106 valence electrons. The minimum absolute atomic E-state index is 0.190. The normalized spacial score (nSPS) is 25.4. The third-order valence-corrected chi connectivity index (χ3v) is 5.24. The number of hydrogen-bond donors (Lipinski definition) is 1. The zero-order valence-corrected chi connectivity index (χ0v) is 12.5. The van der Waals surface area contributed by atoms with Crippen LogP contribution in [0.5, 0.6) is 0 Å². The molecule has 1 aliphatic rings. The number of aliphatic carboxylic acids is 1. The van der Waals surface area contributed by atoms with Gasteiger partial charge < -0.3 is 5.11 Å². The van der Waals surface area contributed by atoms with Gasteiger partial charge in [0.2, 0.25) is 0 Å². The van der Waals surface area contributed by atoms with E-state index in [1.165, 1.54) is 4.88 Å². The molecule has 1 N–H and O–H groups in total. The minimum Gasteiger partial charge on any atom is -0.481 e. The van der Waals surface area contributed by atoms with E-state index >= 15 is 0 Å². The van der Waals surface area contributed by atoms with Gasteiger partial charge in [0.1, 0.15) is 0 Å². The molecule has 2 rings (SSSR count). The molecule has 1 saturated carbocycles. The molecule has 0 radical (unpaired) electrons. The molecule has 3 atom stereocenters. The summed E-state index contributed by atoms with van der Waals surface area (Å²) in [6, 6.07) is 4.82. The lowest BCUT2D eigenvalue weighted by Gasteiger charge is -2.39. The summed E-state index contributed by atoms with van der Waals surface area (Å²) in [7, 11) is 2.09. The lowest BCUT2D eigenvalue weighted by Crippen LogP contribution is -2.47. The highest BCUT2D eigenvalue weighted by Crippen LogP contribution is 2.30. The van der Waals surface area contributed by atoms with Gasteiger partial charge >= 0.3 is 5.97 Å². The highest BCUT2D eigenvalue weighted by Gasteiger charge is 2.34. The molecule has 19 heavy (non-hydrogen) atoms. The van der Waals surface area contributed by atoms with Crippen molar-refractivity contribution in [3.8, 4) is 0 Å². The fraction of sp³-hybridized carbons (Fsp3) is 0.667. The van der Waals surface area contributed by atoms with Crippen LogP contribution in [0.15, 0.2) is 17.5 Å². The molecule has 0 saturated heterocycles. The summed E-state index contributed by atoms with van der Waals surface area (Å²) in [5.41, 5.74) is 0. The van der Waals surface area contributed by atoms with E-state index < -0.39 is 5.97 Å². The lowest BCUT2D eigenvalue weighted by atomic mass is 9.83. The first-order valence-electron chi connectivity index (χ1n) is 7.06. The van der Waals surface area contributed by atoms with E-state index in [-0.39, 0.29) is 12.0 Å². The van der Waals surface area contributed by atoms with Gasteiger partial charge in [-0.05, 0) is 44.7 Å². The first-order chi connectivity index (χ1) is 9.09. The predicted octanol–water partition coefficient (Wildman–Crippen LogP) is 3.25. The van der Waals surface area contributed by atoms with Crippen LogP contribution in [0.25, 0.3) is 0 Å². The Hall–Kier alpha value is -0.870. The molecule has 1 fully saturated rings. The van der Waals surface area contributed by atoms with Crippen molar-refractivity contribution in [3.63, 3.8) is 0 Å². The van der Waals surface area contributed by atoms with Crippen LogP contribution < -0.4 is 0 Å². The molecule has 4 heteroatoms. The van der Waals surface area contributed by atoms with Gasteiger partial charge in [-0.15, -0.1) is 11.3 Å². The fourth-order valence-electron chi connectivity index (χ4n) is 3.08. The van der Waals surface area contributed by atoms with Crippen LogP contribution in [0, 0.1) is 5.92 Å². The second-order valence-corrected chi connectivity index (χ2v) is 6.63. The summed E-state index contributed by atoms with van der Waals surface area (Å²) in [5.74, 6) is -0.815. The third kappa shape index (κ3) is 3.57. The standard InChI is InChI=1S/C15H23NO2S/c1-11(10-12-6-5-9-19-12)16(2)14-8-4-3-7-13(14)15(17)18/h5-6,9,11,13-14H,3-4,7-8,10H2,1-2H3,(H,17,18). The van der Waals surface area contributed by atoms with Gasteiger partial charge in [-0.1, -0.05) is 18.9 Å². The van der Waals surface area contributed by atoms with Crippen molar-refractivity contribution in [1.82, 2.24) is 4.90 Å². The first-order valence-corrected chi connectivity index (χ1v) is 7.94. The molecule has 3 unspecified atom stereocenters. The Morgan fingerprint density at radius 2 is 2.26 bits per heavy atom. The molecule has 0 aromatic carbocycles. The van der Waals surface area contributed by atoms with Crippen LogP contribution in [0.2, 0.25) is 0 Å². The summed E-state index contributed by atoms with van der Waals surface area (Å²) in [5, 5.41) is 11.5. The zero-order chi connectivity index (χ0) is 13.8. The number of carboxylic acid groups (broad SMARTS) is 1. The second kappa shape index (κ2) is 6.53. The third-order valence-electron chi connectivity index (χ3n) is 4.34. The molecule has 0 amide bonds. The van der Waals surface area contributed by atoms with Gasteiger partial charge in [-0.2, -0.15) is 0 Å². The average molecular weight is 281 g/mol. The first kappa shape index (κ1) is 14.5. The predicted molar refractivity (Wildman–Crippen MR) is 78.6 cm³/mol. The zero-order valence-electron chi connectivity index (χ0n) is 11.7. The molecule has 1 aromatic heterocycles. The van der Waals surface area contributed by atoms with Gasteiger partial charge in [0.25, 0.3) is 0 Å². The van der Waals surface area contributed by atoms with Crippen molar-refractivity contribution in [2.45, 2.75) is 51.1 Å². The fourth-order valence-corrected chi connectivity index (χ4v) is 3.90.